The van der Waals surface area contributed by atoms with E-state index in [0.29, 0.717) is 19.4 Å². The van der Waals surface area contributed by atoms with E-state index >= 15 is 0 Å². The molecule has 12 heteroatoms. The maximum absolute atomic E-state index is 5.73. The number of hydrogen-bond donors (Lipinski definition) is 0. The van der Waals surface area contributed by atoms with E-state index in [2.05, 4.69) is 68.8 Å². The van der Waals surface area contributed by atoms with Gasteiger partial charge in [0.05, 0.1) is 31.8 Å². The highest BCUT2D eigenvalue weighted by Crippen LogP contribution is 2.52. The molecule has 3 aromatic heterocycles. The lowest BCUT2D eigenvalue weighted by atomic mass is 10.7. The fourth-order valence-electron chi connectivity index (χ4n) is 2.37. The second kappa shape index (κ2) is 9.02. The summed E-state index contributed by atoms with van der Waals surface area (Å²) in [5.74, 6) is 0. The first-order valence-corrected chi connectivity index (χ1v) is 10.8. The van der Waals surface area contributed by atoms with Crippen molar-refractivity contribution < 1.29 is 4.74 Å². The Balaban J connectivity index is 2.13. The molecular formula is C13H14IN9OP+. The van der Waals surface area contributed by atoms with Gasteiger partial charge >= 0.3 is 0 Å². The van der Waals surface area contributed by atoms with Gasteiger partial charge in [0.1, 0.15) is 6.16 Å². The number of halogens is 1. The number of aromatic nitrogens is 9. The van der Waals surface area contributed by atoms with E-state index in [-0.39, 0.29) is 0 Å². The minimum atomic E-state index is -2.36. The Hall–Kier alpha value is -1.85. The lowest BCUT2D eigenvalue weighted by Crippen LogP contribution is -2.40. The minimum absolute atomic E-state index is 0.523. The third kappa shape index (κ3) is 4.05. The summed E-state index contributed by atoms with van der Waals surface area (Å²) in [6.45, 7) is 1.20. The van der Waals surface area contributed by atoms with Gasteiger partial charge in [0.2, 0.25) is 16.3 Å². The van der Waals surface area contributed by atoms with E-state index in [1.54, 1.807) is 18.6 Å². The molecule has 0 saturated carbocycles. The molecule has 3 rings (SSSR count). The molecule has 0 aliphatic rings. The SMILES string of the molecule is [123I]CCOCC[P+](c1ccnnn1)(c1ccnnn1)c1ccnnn1. The molecule has 0 atom stereocenters. The van der Waals surface area contributed by atoms with Gasteiger partial charge in [0.15, 0.2) is 7.26 Å². The lowest BCUT2D eigenvalue weighted by molar-refractivity contribution is 0.168. The van der Waals surface area contributed by atoms with Gasteiger partial charge in [0.25, 0.3) is 0 Å². The number of alkyl halides is 1. The summed E-state index contributed by atoms with van der Waals surface area (Å²) in [4.78, 5) is 0. The van der Waals surface area contributed by atoms with Crippen molar-refractivity contribution in [1.82, 2.24) is 46.2 Å². The summed E-state index contributed by atoms with van der Waals surface area (Å²) in [6, 6.07) is 5.47. The highest BCUT2D eigenvalue weighted by Gasteiger charge is 2.51. The molecule has 0 aliphatic heterocycles. The largest absolute Gasteiger partial charge is 0.377 e. The van der Waals surface area contributed by atoms with Gasteiger partial charge in [-0.3, -0.25) is 0 Å². The zero-order chi connectivity index (χ0) is 17.4. The fraction of sp³-hybridized carbons (Fsp3) is 0.308. The fourth-order valence-corrected chi connectivity index (χ4v) is 6.02. The van der Waals surface area contributed by atoms with Crippen molar-refractivity contribution in [3.05, 3.63) is 36.8 Å². The van der Waals surface area contributed by atoms with Crippen molar-refractivity contribution >= 4 is 46.2 Å². The minimum Gasteiger partial charge on any atom is -0.377 e. The molecule has 0 aromatic carbocycles. The first-order chi connectivity index (χ1) is 12.4. The van der Waals surface area contributed by atoms with E-state index in [1.165, 1.54) is 0 Å². The Bertz CT molecular complexity index is 672. The smallest absolute Gasteiger partial charge is 0.219 e. The normalized spacial score (nSPS) is 11.4. The molecule has 25 heavy (non-hydrogen) atoms. The molecule has 0 amide bonds. The first-order valence-electron chi connectivity index (χ1n) is 7.34. The molecule has 0 unspecified atom stereocenters. The van der Waals surface area contributed by atoms with Crippen molar-refractivity contribution in [1.29, 1.82) is 0 Å². The lowest BCUT2D eigenvalue weighted by Gasteiger charge is -2.21. The predicted molar refractivity (Wildman–Crippen MR) is 99.9 cm³/mol. The number of nitrogens with zero attached hydrogens (tertiary/aromatic N) is 9. The van der Waals surface area contributed by atoms with Gasteiger partial charge in [-0.15, -0.1) is 15.3 Å². The zero-order valence-corrected chi connectivity index (χ0v) is 16.1. The average molecular weight is 466 g/mol. The maximum Gasteiger partial charge on any atom is 0.219 e. The molecule has 3 aromatic rings. The van der Waals surface area contributed by atoms with Crippen LogP contribution in [0.25, 0.3) is 0 Å². The summed E-state index contributed by atoms with van der Waals surface area (Å²) in [5.41, 5.74) is 2.21. The van der Waals surface area contributed by atoms with Gasteiger partial charge < -0.3 is 4.74 Å². The van der Waals surface area contributed by atoms with Crippen LogP contribution >= 0.6 is 29.9 Å². The van der Waals surface area contributed by atoms with Crippen LogP contribution < -0.4 is 16.3 Å². The topological polar surface area (TPSA) is 125 Å². The van der Waals surface area contributed by atoms with Gasteiger partial charge in [-0.1, -0.05) is 37.9 Å². The van der Waals surface area contributed by atoms with E-state index in [4.69, 9.17) is 4.74 Å². The molecule has 0 aliphatic carbocycles. The molecule has 3 heterocycles. The Labute approximate surface area is 157 Å². The summed E-state index contributed by atoms with van der Waals surface area (Å²) in [5, 5.41) is 35.5. The highest BCUT2D eigenvalue weighted by molar-refractivity contribution is 14.1. The zero-order valence-electron chi connectivity index (χ0n) is 13.1. The quantitative estimate of drug-likeness (QED) is 0.176. The summed E-state index contributed by atoms with van der Waals surface area (Å²) < 4.78 is 6.65. The second-order valence-corrected chi connectivity index (χ2v) is 9.29. The van der Waals surface area contributed by atoms with Crippen LogP contribution in [0.2, 0.25) is 0 Å². The molecular weight excluding hydrogens is 452 g/mol. The van der Waals surface area contributed by atoms with Crippen LogP contribution in [-0.4, -0.2) is 70.0 Å². The summed E-state index contributed by atoms with van der Waals surface area (Å²) in [7, 11) is -2.36. The number of ether oxygens (including phenoxy) is 1. The Morgan fingerprint density at radius 1 is 0.760 bits per heavy atom. The molecule has 10 nitrogen and oxygen atoms in total. The van der Waals surface area contributed by atoms with Crippen LogP contribution in [0.4, 0.5) is 0 Å². The Morgan fingerprint density at radius 2 is 1.24 bits per heavy atom. The van der Waals surface area contributed by atoms with Gasteiger partial charge in [0, 0.05) is 22.6 Å². The van der Waals surface area contributed by atoms with Crippen LogP contribution in [0.1, 0.15) is 0 Å². The van der Waals surface area contributed by atoms with E-state index < -0.39 is 7.26 Å². The highest BCUT2D eigenvalue weighted by atomic mass is 123. The van der Waals surface area contributed by atoms with Crippen LogP contribution in [0, 0.1) is 0 Å². The van der Waals surface area contributed by atoms with E-state index in [1.807, 2.05) is 18.2 Å². The number of rotatable bonds is 8. The van der Waals surface area contributed by atoms with Crippen molar-refractivity contribution in [2.45, 2.75) is 0 Å². The first kappa shape index (κ1) is 18.0. The molecule has 0 radical (unpaired) electrons. The summed E-state index contributed by atoms with van der Waals surface area (Å²) in [6.07, 6.45) is 5.45. The molecule has 0 fully saturated rings. The van der Waals surface area contributed by atoms with Crippen molar-refractivity contribution in [2.75, 3.05) is 23.8 Å². The molecule has 128 valence electrons. The van der Waals surface area contributed by atoms with E-state index in [9.17, 15) is 0 Å². The van der Waals surface area contributed by atoms with Crippen molar-refractivity contribution in [3.8, 4) is 0 Å². The Morgan fingerprint density at radius 3 is 1.60 bits per heavy atom. The molecule has 0 N–H and O–H groups in total. The van der Waals surface area contributed by atoms with Crippen LogP contribution in [-0.2, 0) is 4.74 Å². The molecule has 0 bridgehead atoms. The standard InChI is InChI=1S/C13H14IN9OP/c14-4-8-24-9-10-25(11-1-5-15-21-18-11,12-2-6-16-22-19-12)13-3-7-17-23-20-13/h1-3,5-7H,4,8-10H2/q+1/i14-4. The predicted octanol–water partition coefficient (Wildman–Crippen LogP) is -1.01. The second-order valence-electron chi connectivity index (χ2n) is 4.77. The molecule has 0 spiro atoms. The van der Waals surface area contributed by atoms with Gasteiger partial charge in [-0.2, -0.15) is 0 Å². The van der Waals surface area contributed by atoms with Gasteiger partial charge in [-0.25, -0.2) is 0 Å². The van der Waals surface area contributed by atoms with Crippen LogP contribution in [0.5, 0.6) is 0 Å². The van der Waals surface area contributed by atoms with Crippen molar-refractivity contribution in [3.63, 3.8) is 0 Å². The Kier molecular flexibility index (Phi) is 6.48. The van der Waals surface area contributed by atoms with Crippen LogP contribution in [0.15, 0.2) is 36.8 Å². The van der Waals surface area contributed by atoms with Gasteiger partial charge in [-0.05, 0) is 15.6 Å². The maximum atomic E-state index is 5.73. The third-order valence-electron chi connectivity index (χ3n) is 3.43. The average Bonchev–Trinajstić information content (AvgIpc) is 2.70. The van der Waals surface area contributed by atoms with E-state index in [0.717, 1.165) is 20.7 Å². The monoisotopic (exact) mass is 466 g/mol. The third-order valence-corrected chi connectivity index (χ3v) is 7.79. The van der Waals surface area contributed by atoms with Crippen molar-refractivity contribution in [2.24, 2.45) is 0 Å². The van der Waals surface area contributed by atoms with Crippen LogP contribution in [0.3, 0.4) is 0 Å². The molecule has 0 saturated heterocycles. The summed E-state index contributed by atoms with van der Waals surface area (Å²) >= 11 is 2.27. The number of hydrogen-bond acceptors (Lipinski definition) is 10.